The first kappa shape index (κ1) is 25.1. The molecule has 3 N–H and O–H groups in total. The number of hydrogen-bond acceptors (Lipinski definition) is 4. The normalized spacial score (nSPS) is 11.7. The van der Waals surface area contributed by atoms with Crippen LogP contribution in [-0.4, -0.2) is 29.7 Å². The molecule has 178 valence electrons. The van der Waals surface area contributed by atoms with E-state index >= 15 is 0 Å². The highest BCUT2D eigenvalue weighted by Crippen LogP contribution is 2.34. The van der Waals surface area contributed by atoms with Gasteiger partial charge in [0.15, 0.2) is 0 Å². The van der Waals surface area contributed by atoms with Gasteiger partial charge in [0.25, 0.3) is 0 Å². The summed E-state index contributed by atoms with van der Waals surface area (Å²) >= 11 is 6.56. The average Bonchev–Trinajstić information content (AvgIpc) is 3.17. The van der Waals surface area contributed by atoms with E-state index in [0.29, 0.717) is 17.2 Å². The summed E-state index contributed by atoms with van der Waals surface area (Å²) in [5, 5.41) is 1.40. The highest BCUT2D eigenvalue weighted by atomic mass is 35.5. The van der Waals surface area contributed by atoms with Crippen molar-refractivity contribution in [3.8, 4) is 16.9 Å². The minimum atomic E-state index is -0.559. The molecule has 1 heterocycles. The van der Waals surface area contributed by atoms with Gasteiger partial charge in [-0.25, -0.2) is 4.79 Å². The number of carbonyl (C=O) groups is 1. The first-order valence-corrected chi connectivity index (χ1v) is 12.1. The van der Waals surface area contributed by atoms with E-state index in [1.807, 2.05) is 57.2 Å². The number of benzene rings is 2. The number of halogens is 1. The summed E-state index contributed by atoms with van der Waals surface area (Å²) in [5.74, 6) is 0.486. The van der Waals surface area contributed by atoms with Gasteiger partial charge in [0.1, 0.15) is 11.4 Å². The van der Waals surface area contributed by atoms with Crippen LogP contribution in [0.2, 0.25) is 5.02 Å². The van der Waals surface area contributed by atoms with Crippen molar-refractivity contribution in [3.05, 3.63) is 53.2 Å². The minimum Gasteiger partial charge on any atom is -0.494 e. The van der Waals surface area contributed by atoms with E-state index in [-0.39, 0.29) is 5.97 Å². The molecule has 6 heteroatoms. The SMILES string of the molecule is CC(C)(C)OC(=O)c1c[nH]c2cc(Cl)c(-c3ccc(OCCCCCCCCN)cc3)cc12. The summed E-state index contributed by atoms with van der Waals surface area (Å²) in [5.41, 5.74) is 8.08. The van der Waals surface area contributed by atoms with Gasteiger partial charge in [0.2, 0.25) is 0 Å². The molecule has 2 aromatic carbocycles. The number of fused-ring (bicyclic) bond motifs is 1. The van der Waals surface area contributed by atoms with Crippen LogP contribution in [0.15, 0.2) is 42.6 Å². The number of hydrogen-bond donors (Lipinski definition) is 2. The molecule has 0 spiro atoms. The first-order chi connectivity index (χ1) is 15.8. The van der Waals surface area contributed by atoms with Crippen LogP contribution in [0.3, 0.4) is 0 Å². The molecule has 3 rings (SSSR count). The fourth-order valence-electron chi connectivity index (χ4n) is 3.74. The molecule has 0 bridgehead atoms. The average molecular weight is 471 g/mol. The molecule has 0 unspecified atom stereocenters. The van der Waals surface area contributed by atoms with Crippen molar-refractivity contribution in [2.24, 2.45) is 5.73 Å². The summed E-state index contributed by atoms with van der Waals surface area (Å²) in [6.45, 7) is 7.07. The topological polar surface area (TPSA) is 77.3 Å². The summed E-state index contributed by atoms with van der Waals surface area (Å²) in [6, 6.07) is 11.7. The molecule has 0 fully saturated rings. The van der Waals surface area contributed by atoms with Crippen LogP contribution < -0.4 is 10.5 Å². The highest BCUT2D eigenvalue weighted by molar-refractivity contribution is 6.34. The third-order valence-electron chi connectivity index (χ3n) is 5.42. The van der Waals surface area contributed by atoms with Gasteiger partial charge in [-0.1, -0.05) is 49.4 Å². The molecule has 33 heavy (non-hydrogen) atoms. The van der Waals surface area contributed by atoms with Crippen LogP contribution in [0.4, 0.5) is 0 Å². The van der Waals surface area contributed by atoms with Gasteiger partial charge in [0, 0.05) is 22.7 Å². The Morgan fingerprint density at radius 2 is 1.67 bits per heavy atom. The first-order valence-electron chi connectivity index (χ1n) is 11.8. The summed E-state index contributed by atoms with van der Waals surface area (Å²) in [7, 11) is 0. The van der Waals surface area contributed by atoms with Crippen LogP contribution in [0, 0.1) is 0 Å². The smallest absolute Gasteiger partial charge is 0.340 e. The Balaban J connectivity index is 1.64. The molecule has 3 aromatic rings. The standard InChI is InChI=1S/C27H35ClN2O3/c1-27(2,3)33-26(31)23-18-30-25-17-24(28)21(16-22(23)25)19-10-12-20(13-11-19)32-15-9-7-5-4-6-8-14-29/h10-13,16-18,30H,4-9,14-15,29H2,1-3H3. The second-order valence-corrected chi connectivity index (χ2v) is 9.77. The lowest BCUT2D eigenvalue weighted by molar-refractivity contribution is 0.00719. The lowest BCUT2D eigenvalue weighted by Crippen LogP contribution is -2.23. The van der Waals surface area contributed by atoms with Crippen molar-refractivity contribution in [3.63, 3.8) is 0 Å². The largest absolute Gasteiger partial charge is 0.494 e. The molecule has 0 atom stereocenters. The Bertz CT molecular complexity index is 1050. The summed E-state index contributed by atoms with van der Waals surface area (Å²) in [4.78, 5) is 15.7. The molecular weight excluding hydrogens is 436 g/mol. The number of rotatable bonds is 11. The number of esters is 1. The van der Waals surface area contributed by atoms with E-state index in [9.17, 15) is 4.79 Å². The molecule has 0 radical (unpaired) electrons. The third kappa shape index (κ3) is 7.24. The molecule has 0 saturated heterocycles. The van der Waals surface area contributed by atoms with Crippen molar-refractivity contribution >= 4 is 28.5 Å². The number of carbonyl (C=O) groups excluding carboxylic acids is 1. The molecule has 0 aliphatic carbocycles. The Hall–Kier alpha value is -2.50. The molecule has 0 amide bonds. The summed E-state index contributed by atoms with van der Waals surface area (Å²) < 4.78 is 11.4. The molecule has 0 aliphatic heterocycles. The van der Waals surface area contributed by atoms with Gasteiger partial charge >= 0.3 is 5.97 Å². The van der Waals surface area contributed by atoms with Gasteiger partial charge in [0.05, 0.1) is 17.2 Å². The number of aromatic amines is 1. The third-order valence-corrected chi connectivity index (χ3v) is 5.73. The highest BCUT2D eigenvalue weighted by Gasteiger charge is 2.21. The molecule has 0 saturated carbocycles. The van der Waals surface area contributed by atoms with Crippen LogP contribution in [0.25, 0.3) is 22.0 Å². The molecule has 0 aliphatic rings. The summed E-state index contributed by atoms with van der Waals surface area (Å²) in [6.07, 6.45) is 8.71. The van der Waals surface area contributed by atoms with Crippen molar-refractivity contribution < 1.29 is 14.3 Å². The maximum Gasteiger partial charge on any atom is 0.340 e. The lowest BCUT2D eigenvalue weighted by atomic mass is 10.0. The van der Waals surface area contributed by atoms with E-state index < -0.39 is 5.60 Å². The number of unbranched alkanes of at least 4 members (excludes halogenated alkanes) is 5. The Morgan fingerprint density at radius 3 is 2.33 bits per heavy atom. The number of H-pyrrole nitrogens is 1. The number of nitrogens with two attached hydrogens (primary N) is 1. The Labute approximate surface area is 201 Å². The van der Waals surface area contributed by atoms with Crippen molar-refractivity contribution in [1.29, 1.82) is 0 Å². The fourth-order valence-corrected chi connectivity index (χ4v) is 4.01. The van der Waals surface area contributed by atoms with Gasteiger partial charge in [-0.15, -0.1) is 0 Å². The van der Waals surface area contributed by atoms with Gasteiger partial charge < -0.3 is 20.2 Å². The van der Waals surface area contributed by atoms with Crippen molar-refractivity contribution in [2.75, 3.05) is 13.2 Å². The number of aromatic nitrogens is 1. The predicted molar refractivity (Wildman–Crippen MR) is 136 cm³/mol. The van der Waals surface area contributed by atoms with Crippen LogP contribution in [0.1, 0.15) is 69.7 Å². The van der Waals surface area contributed by atoms with Crippen molar-refractivity contribution in [2.45, 2.75) is 64.9 Å². The van der Waals surface area contributed by atoms with Crippen molar-refractivity contribution in [1.82, 2.24) is 4.98 Å². The second-order valence-electron chi connectivity index (χ2n) is 9.36. The molecule has 1 aromatic heterocycles. The second kappa shape index (κ2) is 11.6. The molecule has 5 nitrogen and oxygen atoms in total. The zero-order valence-electron chi connectivity index (χ0n) is 19.9. The number of ether oxygens (including phenoxy) is 2. The van der Waals surface area contributed by atoms with Crippen LogP contribution >= 0.6 is 11.6 Å². The fraction of sp³-hybridized carbons (Fsp3) is 0.444. The number of nitrogens with one attached hydrogen (secondary N) is 1. The van der Waals surface area contributed by atoms with E-state index in [4.69, 9.17) is 26.8 Å². The lowest BCUT2D eigenvalue weighted by Gasteiger charge is -2.19. The van der Waals surface area contributed by atoms with E-state index in [2.05, 4.69) is 4.98 Å². The van der Waals surface area contributed by atoms with Crippen LogP contribution in [0.5, 0.6) is 5.75 Å². The Morgan fingerprint density at radius 1 is 1.00 bits per heavy atom. The molecular formula is C27H35ClN2O3. The van der Waals surface area contributed by atoms with Gasteiger partial charge in [-0.3, -0.25) is 0 Å². The maximum absolute atomic E-state index is 12.6. The zero-order valence-corrected chi connectivity index (χ0v) is 20.6. The predicted octanol–water partition coefficient (Wildman–Crippen LogP) is 7.12. The Kier molecular flexibility index (Phi) is 8.81. The van der Waals surface area contributed by atoms with E-state index in [0.717, 1.165) is 47.2 Å². The minimum absolute atomic E-state index is 0.356. The quantitative estimate of drug-likeness (QED) is 0.231. The maximum atomic E-state index is 12.6. The van der Waals surface area contributed by atoms with E-state index in [1.165, 1.54) is 25.7 Å². The monoisotopic (exact) mass is 470 g/mol. The van der Waals surface area contributed by atoms with Gasteiger partial charge in [-0.05, 0) is 70.0 Å². The van der Waals surface area contributed by atoms with Gasteiger partial charge in [-0.2, -0.15) is 0 Å². The zero-order chi connectivity index (χ0) is 23.8. The van der Waals surface area contributed by atoms with Crippen LogP contribution in [-0.2, 0) is 4.74 Å². The van der Waals surface area contributed by atoms with E-state index in [1.54, 1.807) is 6.20 Å².